The van der Waals surface area contributed by atoms with Crippen molar-refractivity contribution in [2.45, 2.75) is 6.17 Å². The second kappa shape index (κ2) is 10.9. The Hall–Kier alpha value is -6.78. The molecule has 0 bridgehead atoms. The molecule has 0 amide bonds. The van der Waals surface area contributed by atoms with Crippen LogP contribution in [0.25, 0.3) is 76.9 Å². The third kappa shape index (κ3) is 4.33. The standard InChI is InChI=1S/C47H30N2O2/c1-2-11-29(12-3-1)47-48-40-17-6-7-18-41(40)49(47)35-14-10-13-30(27-35)31-21-22-33-26-34(24-23-32(33)25-31)38-28-39-36-15-4-8-19-42(36)50-46(39)44-37-16-5-9-20-43(37)51-45(38)44/h1-28,47-48H. The Bertz CT molecular complexity index is 2970. The molecule has 10 aromatic rings. The number of nitrogens with one attached hydrogen (secondary N) is 1. The van der Waals surface area contributed by atoms with Crippen LogP contribution in [0.5, 0.6) is 0 Å². The van der Waals surface area contributed by atoms with E-state index in [0.29, 0.717) is 0 Å². The molecule has 1 aliphatic heterocycles. The molecule has 0 fully saturated rings. The molecule has 4 heteroatoms. The minimum absolute atomic E-state index is 0.00588. The van der Waals surface area contributed by atoms with Gasteiger partial charge >= 0.3 is 0 Å². The fourth-order valence-electron chi connectivity index (χ4n) is 8.02. The summed E-state index contributed by atoms with van der Waals surface area (Å²) in [7, 11) is 0. The summed E-state index contributed by atoms with van der Waals surface area (Å²) in [5, 5.41) is 10.4. The number of para-hydroxylation sites is 4. The van der Waals surface area contributed by atoms with Crippen LogP contribution in [-0.4, -0.2) is 0 Å². The van der Waals surface area contributed by atoms with Crippen molar-refractivity contribution in [2.75, 3.05) is 10.2 Å². The van der Waals surface area contributed by atoms with Crippen LogP contribution in [0, 0.1) is 0 Å². The van der Waals surface area contributed by atoms with Crippen molar-refractivity contribution in [1.82, 2.24) is 0 Å². The second-order valence-corrected chi connectivity index (χ2v) is 13.4. The second-order valence-electron chi connectivity index (χ2n) is 13.4. The number of furan rings is 2. The summed E-state index contributed by atoms with van der Waals surface area (Å²) in [5.41, 5.74) is 12.7. The summed E-state index contributed by atoms with van der Waals surface area (Å²) >= 11 is 0. The fraction of sp³-hybridized carbons (Fsp3) is 0.0213. The molecule has 0 radical (unpaired) electrons. The Morgan fingerprint density at radius 3 is 2.00 bits per heavy atom. The number of benzene rings is 8. The van der Waals surface area contributed by atoms with Crippen molar-refractivity contribution in [1.29, 1.82) is 0 Å². The van der Waals surface area contributed by atoms with E-state index in [4.69, 9.17) is 8.83 Å². The van der Waals surface area contributed by atoms with E-state index in [1.54, 1.807) is 0 Å². The molecule has 3 heterocycles. The molecule has 0 aliphatic carbocycles. The molecule has 1 aliphatic rings. The van der Waals surface area contributed by atoms with Gasteiger partial charge in [0.05, 0.1) is 16.8 Å². The normalized spacial score (nSPS) is 14.2. The quantitative estimate of drug-likeness (QED) is 0.205. The van der Waals surface area contributed by atoms with Crippen molar-refractivity contribution in [3.63, 3.8) is 0 Å². The van der Waals surface area contributed by atoms with E-state index in [1.165, 1.54) is 33.2 Å². The van der Waals surface area contributed by atoms with Crippen molar-refractivity contribution < 1.29 is 8.83 Å². The summed E-state index contributed by atoms with van der Waals surface area (Å²) in [6.45, 7) is 0. The van der Waals surface area contributed by atoms with Gasteiger partial charge in [0, 0.05) is 27.4 Å². The average molecular weight is 655 g/mol. The van der Waals surface area contributed by atoms with Gasteiger partial charge < -0.3 is 19.1 Å². The first-order valence-electron chi connectivity index (χ1n) is 17.4. The molecule has 1 unspecified atom stereocenters. The van der Waals surface area contributed by atoms with E-state index >= 15 is 0 Å². The smallest absolute Gasteiger partial charge is 0.147 e. The van der Waals surface area contributed by atoms with Crippen LogP contribution in [-0.2, 0) is 0 Å². The first-order chi connectivity index (χ1) is 25.3. The Labute approximate surface area is 293 Å². The Balaban J connectivity index is 1.02. The van der Waals surface area contributed by atoms with E-state index < -0.39 is 0 Å². The lowest BCUT2D eigenvalue weighted by Gasteiger charge is -2.28. The molecule has 240 valence electrons. The van der Waals surface area contributed by atoms with Crippen LogP contribution in [0.3, 0.4) is 0 Å². The SMILES string of the molecule is c1ccc(C2Nc3ccccc3N2c2cccc(-c3ccc4cc(-c5cc6c7ccccc7oc6c6c5oc5ccccc56)ccc4c3)c2)cc1. The molecular formula is C47H30N2O2. The number of hydrogen-bond donors (Lipinski definition) is 1. The lowest BCUT2D eigenvalue weighted by atomic mass is 9.95. The zero-order valence-corrected chi connectivity index (χ0v) is 27.5. The van der Waals surface area contributed by atoms with E-state index in [-0.39, 0.29) is 6.17 Å². The van der Waals surface area contributed by atoms with Crippen LogP contribution < -0.4 is 10.2 Å². The third-order valence-electron chi connectivity index (χ3n) is 10.4. The summed E-state index contributed by atoms with van der Waals surface area (Å²) < 4.78 is 13.0. The molecule has 11 rings (SSSR count). The highest BCUT2D eigenvalue weighted by molar-refractivity contribution is 6.25. The summed E-state index contributed by atoms with van der Waals surface area (Å²) in [4.78, 5) is 2.40. The highest BCUT2D eigenvalue weighted by Crippen LogP contribution is 2.47. The predicted molar refractivity (Wildman–Crippen MR) is 211 cm³/mol. The lowest BCUT2D eigenvalue weighted by molar-refractivity contribution is 0.663. The number of nitrogens with zero attached hydrogens (tertiary/aromatic N) is 1. The van der Waals surface area contributed by atoms with Gasteiger partial charge in [-0.15, -0.1) is 0 Å². The molecule has 2 aromatic heterocycles. The Morgan fingerprint density at radius 2 is 1.14 bits per heavy atom. The number of anilines is 3. The van der Waals surface area contributed by atoms with Gasteiger partial charge in [-0.2, -0.15) is 0 Å². The van der Waals surface area contributed by atoms with Gasteiger partial charge in [-0.1, -0.05) is 115 Å². The van der Waals surface area contributed by atoms with E-state index in [1.807, 2.05) is 24.3 Å². The van der Waals surface area contributed by atoms with E-state index in [9.17, 15) is 0 Å². The maximum atomic E-state index is 6.57. The van der Waals surface area contributed by atoms with Crippen LogP contribution in [0.1, 0.15) is 11.7 Å². The first-order valence-corrected chi connectivity index (χ1v) is 17.4. The van der Waals surface area contributed by atoms with Gasteiger partial charge in [0.1, 0.15) is 28.5 Å². The average Bonchev–Trinajstić information content (AvgIpc) is 3.89. The zero-order valence-electron chi connectivity index (χ0n) is 27.5. The van der Waals surface area contributed by atoms with Gasteiger partial charge in [-0.05, 0) is 87.6 Å². The molecule has 1 atom stereocenters. The maximum Gasteiger partial charge on any atom is 0.147 e. The van der Waals surface area contributed by atoms with Crippen LogP contribution >= 0.6 is 0 Å². The Morgan fingerprint density at radius 1 is 0.471 bits per heavy atom. The molecule has 0 spiro atoms. The minimum atomic E-state index is 0.00588. The highest BCUT2D eigenvalue weighted by atomic mass is 16.3. The number of fused-ring (bicyclic) bond motifs is 9. The van der Waals surface area contributed by atoms with Gasteiger partial charge in [0.2, 0.25) is 0 Å². The van der Waals surface area contributed by atoms with Crippen molar-refractivity contribution in [2.24, 2.45) is 0 Å². The molecule has 1 N–H and O–H groups in total. The fourth-order valence-corrected chi connectivity index (χ4v) is 8.02. The largest absolute Gasteiger partial charge is 0.455 e. The molecule has 0 saturated heterocycles. The monoisotopic (exact) mass is 654 g/mol. The maximum absolute atomic E-state index is 6.57. The summed E-state index contributed by atoms with van der Waals surface area (Å²) in [6.07, 6.45) is 0.00588. The summed E-state index contributed by atoms with van der Waals surface area (Å²) in [5.74, 6) is 0. The molecule has 8 aromatic carbocycles. The third-order valence-corrected chi connectivity index (χ3v) is 10.4. The highest BCUT2D eigenvalue weighted by Gasteiger charge is 2.31. The van der Waals surface area contributed by atoms with E-state index in [2.05, 4.69) is 156 Å². The molecule has 4 nitrogen and oxygen atoms in total. The Kier molecular flexibility index (Phi) is 5.98. The van der Waals surface area contributed by atoms with Crippen molar-refractivity contribution in [3.05, 3.63) is 175 Å². The van der Waals surface area contributed by atoms with Crippen LogP contribution in [0.4, 0.5) is 17.1 Å². The van der Waals surface area contributed by atoms with Crippen LogP contribution in [0.2, 0.25) is 0 Å². The zero-order chi connectivity index (χ0) is 33.5. The first kappa shape index (κ1) is 28.1. The van der Waals surface area contributed by atoms with Crippen molar-refractivity contribution in [3.8, 4) is 22.3 Å². The number of hydrogen-bond acceptors (Lipinski definition) is 4. The van der Waals surface area contributed by atoms with Crippen LogP contribution in [0.15, 0.2) is 179 Å². The van der Waals surface area contributed by atoms with Crippen molar-refractivity contribution >= 4 is 71.7 Å². The van der Waals surface area contributed by atoms with Gasteiger partial charge in [0.25, 0.3) is 0 Å². The van der Waals surface area contributed by atoms with Gasteiger partial charge in [-0.3, -0.25) is 0 Å². The molecular weight excluding hydrogens is 625 g/mol. The molecule has 51 heavy (non-hydrogen) atoms. The topological polar surface area (TPSA) is 41.5 Å². The summed E-state index contributed by atoms with van der Waals surface area (Å²) in [6, 6.07) is 60.3. The minimum Gasteiger partial charge on any atom is -0.455 e. The van der Waals surface area contributed by atoms with Gasteiger partial charge in [0.15, 0.2) is 0 Å². The lowest BCUT2D eigenvalue weighted by Crippen LogP contribution is -2.23. The predicted octanol–water partition coefficient (Wildman–Crippen LogP) is 13.2. The number of rotatable bonds is 4. The molecule has 0 saturated carbocycles. The van der Waals surface area contributed by atoms with E-state index in [0.717, 1.165) is 66.4 Å². The van der Waals surface area contributed by atoms with Gasteiger partial charge in [-0.25, -0.2) is 0 Å².